The number of hydrogen-bond donors (Lipinski definition) is 1. The minimum absolute atomic E-state index is 0.0471. The topological polar surface area (TPSA) is 72.3 Å². The Hall–Kier alpha value is -2.76. The fourth-order valence-electron chi connectivity index (χ4n) is 2.16. The van der Waals surface area contributed by atoms with Crippen LogP contribution in [0.1, 0.15) is 54.1 Å². The van der Waals surface area contributed by atoms with Gasteiger partial charge in [0, 0.05) is 6.20 Å². The van der Waals surface area contributed by atoms with Crippen molar-refractivity contribution in [2.24, 2.45) is 0 Å². The van der Waals surface area contributed by atoms with E-state index in [0.717, 1.165) is 0 Å². The average molecular weight is 330 g/mol. The number of aromatic nitrogens is 2. The van der Waals surface area contributed by atoms with Crippen molar-refractivity contribution < 1.29 is 19.0 Å². The van der Waals surface area contributed by atoms with Crippen LogP contribution in [0.4, 0.5) is 4.39 Å². The number of benzene rings is 1. The highest BCUT2D eigenvalue weighted by Gasteiger charge is 2.15. The number of carboxylic acid groups (broad SMARTS) is 1. The zero-order chi connectivity index (χ0) is 17.7. The van der Waals surface area contributed by atoms with Crippen molar-refractivity contribution in [1.82, 2.24) is 9.97 Å². The highest BCUT2D eigenvalue weighted by Crippen LogP contribution is 2.20. The van der Waals surface area contributed by atoms with Crippen molar-refractivity contribution in [3.63, 3.8) is 0 Å². The highest BCUT2D eigenvalue weighted by molar-refractivity contribution is 5.88. The molecule has 126 valence electrons. The first kappa shape index (κ1) is 17.6. The highest BCUT2D eigenvalue weighted by atomic mass is 19.1. The molecule has 1 N–H and O–H groups in total. The zero-order valence-electron chi connectivity index (χ0n) is 13.8. The Morgan fingerprint density at radius 3 is 2.71 bits per heavy atom. The van der Waals surface area contributed by atoms with Gasteiger partial charge in [-0.3, -0.25) is 0 Å². The summed E-state index contributed by atoms with van der Waals surface area (Å²) in [5, 5.41) is 9.16. The summed E-state index contributed by atoms with van der Waals surface area (Å²) in [4.78, 5) is 19.5. The normalized spacial score (nSPS) is 11.2. The van der Waals surface area contributed by atoms with Gasteiger partial charge in [0.1, 0.15) is 0 Å². The van der Waals surface area contributed by atoms with Crippen LogP contribution in [0.25, 0.3) is 12.2 Å². The van der Waals surface area contributed by atoms with Crippen LogP contribution in [0.5, 0.6) is 5.75 Å². The summed E-state index contributed by atoms with van der Waals surface area (Å²) < 4.78 is 19.0. The van der Waals surface area contributed by atoms with Gasteiger partial charge in [-0.25, -0.2) is 19.2 Å². The first-order valence-corrected chi connectivity index (χ1v) is 7.63. The molecule has 0 aliphatic carbocycles. The minimum atomic E-state index is -1.05. The van der Waals surface area contributed by atoms with Gasteiger partial charge in [0.25, 0.3) is 0 Å². The molecule has 6 heteroatoms. The number of aromatic carboxylic acids is 1. The van der Waals surface area contributed by atoms with Gasteiger partial charge in [-0.05, 0) is 36.6 Å². The SMILES string of the molecule is CCOc1ccc(C=Cc2ncc(C(=O)O)c(C(C)C)n2)cc1F. The lowest BCUT2D eigenvalue weighted by Gasteiger charge is -2.08. The van der Waals surface area contributed by atoms with Crippen molar-refractivity contribution in [2.45, 2.75) is 26.7 Å². The van der Waals surface area contributed by atoms with Gasteiger partial charge in [0.15, 0.2) is 17.4 Å². The van der Waals surface area contributed by atoms with Gasteiger partial charge >= 0.3 is 5.97 Å². The third-order valence-corrected chi connectivity index (χ3v) is 3.29. The molecule has 1 aromatic carbocycles. The second-order valence-corrected chi connectivity index (χ2v) is 5.44. The molecule has 0 atom stereocenters. The largest absolute Gasteiger partial charge is 0.491 e. The summed E-state index contributed by atoms with van der Waals surface area (Å²) in [6, 6.07) is 4.64. The monoisotopic (exact) mass is 330 g/mol. The van der Waals surface area contributed by atoms with Crippen molar-refractivity contribution in [3.05, 3.63) is 52.9 Å². The minimum Gasteiger partial charge on any atom is -0.491 e. The van der Waals surface area contributed by atoms with Gasteiger partial charge in [0.2, 0.25) is 0 Å². The van der Waals surface area contributed by atoms with Crippen molar-refractivity contribution >= 4 is 18.1 Å². The van der Waals surface area contributed by atoms with E-state index in [1.807, 2.05) is 13.8 Å². The van der Waals surface area contributed by atoms with Crippen LogP contribution in [0.2, 0.25) is 0 Å². The summed E-state index contributed by atoms with van der Waals surface area (Å²) >= 11 is 0. The number of nitrogens with zero attached hydrogens (tertiary/aromatic N) is 2. The lowest BCUT2D eigenvalue weighted by molar-refractivity contribution is 0.0694. The number of rotatable bonds is 6. The maximum Gasteiger partial charge on any atom is 0.339 e. The van der Waals surface area contributed by atoms with Crippen LogP contribution in [-0.4, -0.2) is 27.7 Å². The molecule has 0 spiro atoms. The van der Waals surface area contributed by atoms with Crippen molar-refractivity contribution in [2.75, 3.05) is 6.61 Å². The maximum absolute atomic E-state index is 13.8. The van der Waals surface area contributed by atoms with E-state index in [1.54, 1.807) is 31.2 Å². The summed E-state index contributed by atoms with van der Waals surface area (Å²) in [6.07, 6.45) is 4.58. The van der Waals surface area contributed by atoms with Gasteiger partial charge in [-0.15, -0.1) is 0 Å². The molecule has 1 heterocycles. The van der Waals surface area contributed by atoms with Gasteiger partial charge in [0.05, 0.1) is 17.9 Å². The van der Waals surface area contributed by atoms with Crippen LogP contribution in [0, 0.1) is 5.82 Å². The Bertz CT molecular complexity index is 773. The molecule has 24 heavy (non-hydrogen) atoms. The van der Waals surface area contributed by atoms with E-state index in [2.05, 4.69) is 9.97 Å². The van der Waals surface area contributed by atoms with Crippen molar-refractivity contribution in [1.29, 1.82) is 0 Å². The molecule has 2 rings (SSSR count). The third kappa shape index (κ3) is 4.16. The van der Waals surface area contributed by atoms with E-state index in [0.29, 0.717) is 23.7 Å². The van der Waals surface area contributed by atoms with Crippen LogP contribution < -0.4 is 4.74 Å². The molecular weight excluding hydrogens is 311 g/mol. The van der Waals surface area contributed by atoms with Gasteiger partial charge in [-0.1, -0.05) is 26.0 Å². The molecule has 0 unspecified atom stereocenters. The van der Waals surface area contributed by atoms with Gasteiger partial charge in [-0.2, -0.15) is 0 Å². The number of carbonyl (C=O) groups is 1. The second kappa shape index (κ2) is 7.68. The van der Waals surface area contributed by atoms with Crippen LogP contribution in [-0.2, 0) is 0 Å². The molecule has 0 fully saturated rings. The fraction of sp³-hybridized carbons (Fsp3) is 0.278. The lowest BCUT2D eigenvalue weighted by atomic mass is 10.1. The number of hydrogen-bond acceptors (Lipinski definition) is 4. The summed E-state index contributed by atoms with van der Waals surface area (Å²) in [5.41, 5.74) is 1.19. The second-order valence-electron chi connectivity index (χ2n) is 5.44. The summed E-state index contributed by atoms with van der Waals surface area (Å²) in [6.45, 7) is 5.92. The Morgan fingerprint density at radius 2 is 2.12 bits per heavy atom. The predicted octanol–water partition coefficient (Wildman–Crippen LogP) is 4.01. The molecule has 0 saturated heterocycles. The molecule has 0 aliphatic heterocycles. The van der Waals surface area contributed by atoms with E-state index in [4.69, 9.17) is 9.84 Å². The third-order valence-electron chi connectivity index (χ3n) is 3.29. The Labute approximate surface area is 139 Å². The summed E-state index contributed by atoms with van der Waals surface area (Å²) in [5.74, 6) is -0.960. The van der Waals surface area contributed by atoms with E-state index >= 15 is 0 Å². The Kier molecular flexibility index (Phi) is 5.63. The molecule has 0 amide bonds. The molecule has 2 aromatic rings. The number of carboxylic acids is 1. The molecule has 0 bridgehead atoms. The quantitative estimate of drug-likeness (QED) is 0.866. The van der Waals surface area contributed by atoms with E-state index < -0.39 is 11.8 Å². The van der Waals surface area contributed by atoms with E-state index in [1.165, 1.54) is 12.3 Å². The summed E-state index contributed by atoms with van der Waals surface area (Å²) in [7, 11) is 0. The fourth-order valence-corrected chi connectivity index (χ4v) is 2.16. The standard InChI is InChI=1S/C18H19FN2O3/c1-4-24-15-7-5-12(9-14(15)19)6-8-16-20-10-13(18(22)23)17(21-16)11(2)3/h5-11H,4H2,1-3H3,(H,22,23). The van der Waals surface area contributed by atoms with Crippen LogP contribution in [0.3, 0.4) is 0 Å². The van der Waals surface area contributed by atoms with Crippen molar-refractivity contribution in [3.8, 4) is 5.75 Å². The Morgan fingerprint density at radius 1 is 1.38 bits per heavy atom. The van der Waals surface area contributed by atoms with Gasteiger partial charge < -0.3 is 9.84 Å². The predicted molar refractivity (Wildman–Crippen MR) is 89.6 cm³/mol. The van der Waals surface area contributed by atoms with E-state index in [9.17, 15) is 9.18 Å². The first-order valence-electron chi connectivity index (χ1n) is 7.63. The zero-order valence-corrected chi connectivity index (χ0v) is 13.8. The lowest BCUT2D eigenvalue weighted by Crippen LogP contribution is -2.08. The van der Waals surface area contributed by atoms with Crippen LogP contribution >= 0.6 is 0 Å². The number of halogens is 1. The Balaban J connectivity index is 2.27. The molecule has 1 aromatic heterocycles. The smallest absolute Gasteiger partial charge is 0.339 e. The van der Waals surface area contributed by atoms with E-state index in [-0.39, 0.29) is 17.2 Å². The average Bonchev–Trinajstić information content (AvgIpc) is 2.55. The number of ether oxygens (including phenoxy) is 1. The van der Waals surface area contributed by atoms with Crippen LogP contribution in [0.15, 0.2) is 24.4 Å². The molecule has 0 aliphatic rings. The molecule has 5 nitrogen and oxygen atoms in total. The molecule has 0 saturated carbocycles. The molecular formula is C18H19FN2O3. The maximum atomic E-state index is 13.8. The molecule has 0 radical (unpaired) electrons. The first-order chi connectivity index (χ1) is 11.4.